The Kier molecular flexibility index (Phi) is 7.90. The lowest BCUT2D eigenvalue weighted by Gasteiger charge is -2.36. The summed E-state index contributed by atoms with van der Waals surface area (Å²) < 4.78 is 10.2. The molecule has 7 nitrogen and oxygen atoms in total. The predicted molar refractivity (Wildman–Crippen MR) is 109 cm³/mol. The molecule has 29 heavy (non-hydrogen) atoms. The van der Waals surface area contributed by atoms with Crippen LogP contribution in [-0.4, -0.2) is 31.5 Å². The highest BCUT2D eigenvalue weighted by atomic mass is 35.5. The molecule has 2 rings (SSSR count). The normalized spacial score (nSPS) is 19.2. The van der Waals surface area contributed by atoms with Gasteiger partial charge in [0, 0.05) is 5.02 Å². The highest BCUT2D eigenvalue weighted by Gasteiger charge is 2.33. The van der Waals surface area contributed by atoms with Gasteiger partial charge < -0.3 is 9.47 Å². The van der Waals surface area contributed by atoms with E-state index >= 15 is 0 Å². The maximum Gasteiger partial charge on any atom is 0.309 e. The molecule has 160 valence electrons. The summed E-state index contributed by atoms with van der Waals surface area (Å²) in [5, 5.41) is 0.359. The molecule has 0 unspecified atom stereocenters. The van der Waals surface area contributed by atoms with E-state index in [0.717, 1.165) is 25.7 Å². The first-order valence-electron chi connectivity index (χ1n) is 9.71. The van der Waals surface area contributed by atoms with Gasteiger partial charge in [-0.05, 0) is 55.2 Å². The quantitative estimate of drug-likeness (QED) is 0.557. The van der Waals surface area contributed by atoms with Gasteiger partial charge in [0.1, 0.15) is 5.75 Å². The third kappa shape index (κ3) is 6.63. The van der Waals surface area contributed by atoms with E-state index in [-0.39, 0.29) is 22.9 Å². The summed E-state index contributed by atoms with van der Waals surface area (Å²) in [4.78, 5) is 36.3. The van der Waals surface area contributed by atoms with Gasteiger partial charge in [-0.2, -0.15) is 0 Å². The largest absolute Gasteiger partial charge is 0.496 e. The first-order valence-corrected chi connectivity index (χ1v) is 10.1. The Balaban J connectivity index is 1.75. The Morgan fingerprint density at radius 1 is 1.10 bits per heavy atom. The SMILES string of the molecule is COc1ccc(Cl)cc1C(=O)NNC(=O)COC(=O)C1CCC(C(C)(C)C)CC1. The second-order valence-corrected chi connectivity index (χ2v) is 8.81. The first-order chi connectivity index (χ1) is 13.6. The van der Waals surface area contributed by atoms with Crippen LogP contribution in [0.4, 0.5) is 0 Å². The molecule has 0 radical (unpaired) electrons. The van der Waals surface area contributed by atoms with Crippen LogP contribution >= 0.6 is 11.6 Å². The highest BCUT2D eigenvalue weighted by Crippen LogP contribution is 2.40. The number of carbonyl (C=O) groups is 3. The van der Waals surface area contributed by atoms with E-state index in [4.69, 9.17) is 21.1 Å². The van der Waals surface area contributed by atoms with E-state index in [1.54, 1.807) is 12.1 Å². The van der Waals surface area contributed by atoms with E-state index in [1.807, 2.05) is 0 Å². The van der Waals surface area contributed by atoms with Gasteiger partial charge in [0.2, 0.25) is 0 Å². The minimum Gasteiger partial charge on any atom is -0.496 e. The maximum atomic E-state index is 12.2. The third-order valence-electron chi connectivity index (χ3n) is 5.35. The molecule has 0 saturated heterocycles. The number of esters is 1. The number of amides is 2. The summed E-state index contributed by atoms with van der Waals surface area (Å²) in [6.45, 7) is 6.20. The Morgan fingerprint density at radius 2 is 1.76 bits per heavy atom. The lowest BCUT2D eigenvalue weighted by molar-refractivity contribution is -0.154. The molecule has 0 aromatic heterocycles. The van der Waals surface area contributed by atoms with Crippen molar-refractivity contribution in [2.24, 2.45) is 17.3 Å². The van der Waals surface area contributed by atoms with Gasteiger partial charge >= 0.3 is 5.97 Å². The molecule has 0 heterocycles. The summed E-state index contributed by atoms with van der Waals surface area (Å²) in [5.41, 5.74) is 4.89. The molecule has 0 bridgehead atoms. The molecule has 0 atom stereocenters. The van der Waals surface area contributed by atoms with Crippen LogP contribution in [0.15, 0.2) is 18.2 Å². The number of methoxy groups -OCH3 is 1. The van der Waals surface area contributed by atoms with E-state index in [2.05, 4.69) is 31.6 Å². The van der Waals surface area contributed by atoms with Crippen LogP contribution < -0.4 is 15.6 Å². The van der Waals surface area contributed by atoms with Crippen LogP contribution in [0.1, 0.15) is 56.8 Å². The fourth-order valence-corrected chi connectivity index (χ4v) is 3.71. The monoisotopic (exact) mass is 424 g/mol. The number of benzene rings is 1. The summed E-state index contributed by atoms with van der Waals surface area (Å²) in [7, 11) is 1.42. The molecule has 2 amide bonds. The summed E-state index contributed by atoms with van der Waals surface area (Å²) >= 11 is 5.89. The standard InChI is InChI=1S/C21H29ClN2O5/c1-21(2,3)14-7-5-13(6-8-14)20(27)29-12-18(25)23-24-19(26)16-11-15(22)9-10-17(16)28-4/h9-11,13-14H,5-8,12H2,1-4H3,(H,23,25)(H,24,26). The van der Waals surface area contributed by atoms with Crippen molar-refractivity contribution in [3.63, 3.8) is 0 Å². The Morgan fingerprint density at radius 3 is 2.34 bits per heavy atom. The maximum absolute atomic E-state index is 12.2. The molecule has 1 aliphatic rings. The molecule has 2 N–H and O–H groups in total. The van der Waals surface area contributed by atoms with Crippen LogP contribution in [0, 0.1) is 17.3 Å². The van der Waals surface area contributed by atoms with Crippen LogP contribution in [0.2, 0.25) is 5.02 Å². The molecule has 1 aliphatic carbocycles. The smallest absolute Gasteiger partial charge is 0.309 e. The molecule has 1 saturated carbocycles. The van der Waals surface area contributed by atoms with Crippen molar-refractivity contribution in [3.05, 3.63) is 28.8 Å². The van der Waals surface area contributed by atoms with Crippen molar-refractivity contribution in [3.8, 4) is 5.75 Å². The number of hydrogen-bond acceptors (Lipinski definition) is 5. The van der Waals surface area contributed by atoms with Crippen LogP contribution in [0.5, 0.6) is 5.75 Å². The molecule has 0 aliphatic heterocycles. The van der Waals surface area contributed by atoms with Crippen molar-refractivity contribution in [2.45, 2.75) is 46.5 Å². The number of hydrogen-bond donors (Lipinski definition) is 2. The number of hydrazine groups is 1. The molecular formula is C21H29ClN2O5. The molecule has 1 aromatic rings. The molecule has 1 fully saturated rings. The van der Waals surface area contributed by atoms with Gasteiger partial charge in [-0.15, -0.1) is 0 Å². The van der Waals surface area contributed by atoms with Gasteiger partial charge in [0.15, 0.2) is 6.61 Å². The van der Waals surface area contributed by atoms with E-state index in [1.165, 1.54) is 13.2 Å². The van der Waals surface area contributed by atoms with E-state index in [0.29, 0.717) is 16.7 Å². The van der Waals surface area contributed by atoms with Crippen molar-refractivity contribution in [1.29, 1.82) is 0 Å². The first kappa shape index (κ1) is 23.0. The number of rotatable bonds is 5. The Hall–Kier alpha value is -2.28. The fraction of sp³-hybridized carbons (Fsp3) is 0.571. The average molecular weight is 425 g/mol. The van der Waals surface area contributed by atoms with Crippen molar-refractivity contribution < 1.29 is 23.9 Å². The van der Waals surface area contributed by atoms with Gasteiger partial charge in [-0.3, -0.25) is 25.2 Å². The average Bonchev–Trinajstić information content (AvgIpc) is 2.69. The van der Waals surface area contributed by atoms with Gasteiger partial charge in [-0.25, -0.2) is 0 Å². The minimum absolute atomic E-state index is 0.174. The Bertz CT molecular complexity index is 752. The topological polar surface area (TPSA) is 93.7 Å². The van der Waals surface area contributed by atoms with E-state index in [9.17, 15) is 14.4 Å². The van der Waals surface area contributed by atoms with Crippen molar-refractivity contribution in [1.82, 2.24) is 10.9 Å². The number of carbonyl (C=O) groups excluding carboxylic acids is 3. The second-order valence-electron chi connectivity index (χ2n) is 8.37. The zero-order valence-corrected chi connectivity index (χ0v) is 18.1. The van der Waals surface area contributed by atoms with Crippen LogP contribution in [-0.2, 0) is 14.3 Å². The summed E-state index contributed by atoms with van der Waals surface area (Å²) in [6.07, 6.45) is 3.50. The lowest BCUT2D eigenvalue weighted by Crippen LogP contribution is -2.44. The molecular weight excluding hydrogens is 396 g/mol. The van der Waals surface area contributed by atoms with Gasteiger partial charge in [0.05, 0.1) is 18.6 Å². The molecule has 0 spiro atoms. The second kappa shape index (κ2) is 9.96. The fourth-order valence-electron chi connectivity index (χ4n) is 3.54. The number of halogens is 1. The zero-order valence-electron chi connectivity index (χ0n) is 17.3. The van der Waals surface area contributed by atoms with Crippen molar-refractivity contribution in [2.75, 3.05) is 13.7 Å². The minimum atomic E-state index is -0.629. The lowest BCUT2D eigenvalue weighted by atomic mass is 9.70. The zero-order chi connectivity index (χ0) is 21.6. The predicted octanol–water partition coefficient (Wildman–Crippen LogP) is 3.51. The molecule has 8 heteroatoms. The molecule has 1 aromatic carbocycles. The van der Waals surface area contributed by atoms with Crippen LogP contribution in [0.3, 0.4) is 0 Å². The highest BCUT2D eigenvalue weighted by molar-refractivity contribution is 6.31. The number of ether oxygens (including phenoxy) is 2. The number of nitrogens with one attached hydrogen (secondary N) is 2. The van der Waals surface area contributed by atoms with Crippen molar-refractivity contribution >= 4 is 29.4 Å². The summed E-state index contributed by atoms with van der Waals surface area (Å²) in [6, 6.07) is 4.56. The van der Waals surface area contributed by atoms with Gasteiger partial charge in [0.25, 0.3) is 11.8 Å². The third-order valence-corrected chi connectivity index (χ3v) is 5.59. The van der Waals surface area contributed by atoms with Gasteiger partial charge in [-0.1, -0.05) is 32.4 Å². The van der Waals surface area contributed by atoms with E-state index < -0.39 is 18.4 Å². The summed E-state index contributed by atoms with van der Waals surface area (Å²) in [5.74, 6) is -0.852. The van der Waals surface area contributed by atoms with Crippen LogP contribution in [0.25, 0.3) is 0 Å². The Labute approximate surface area is 176 Å².